The largest absolute Gasteiger partial charge is 0.349 e. The summed E-state index contributed by atoms with van der Waals surface area (Å²) in [6.45, 7) is 4.24. The van der Waals surface area contributed by atoms with Crippen LogP contribution in [0.15, 0.2) is 9.98 Å². The highest BCUT2D eigenvalue weighted by atomic mass is 15.4. The van der Waals surface area contributed by atoms with Crippen molar-refractivity contribution in [1.29, 1.82) is 0 Å². The average Bonchev–Trinajstić information content (AvgIpc) is 2.69. The number of nitrogens with zero attached hydrogens (tertiary/aromatic N) is 4. The van der Waals surface area contributed by atoms with E-state index in [1.165, 1.54) is 12.8 Å². The van der Waals surface area contributed by atoms with Crippen molar-refractivity contribution in [3.8, 4) is 0 Å². The van der Waals surface area contributed by atoms with Crippen LogP contribution in [0.2, 0.25) is 0 Å². The van der Waals surface area contributed by atoms with Crippen molar-refractivity contribution >= 4 is 11.9 Å². The Hall–Kier alpha value is -1.26. The summed E-state index contributed by atoms with van der Waals surface area (Å²) < 4.78 is 0. The molecule has 1 N–H and O–H groups in total. The summed E-state index contributed by atoms with van der Waals surface area (Å²) >= 11 is 0. The van der Waals surface area contributed by atoms with E-state index in [2.05, 4.69) is 20.2 Å². The molecule has 0 radical (unpaired) electrons. The molecule has 0 amide bonds. The molecule has 0 saturated carbocycles. The van der Waals surface area contributed by atoms with Crippen molar-refractivity contribution in [1.82, 2.24) is 15.1 Å². The summed E-state index contributed by atoms with van der Waals surface area (Å²) in [4.78, 5) is 13.3. The van der Waals surface area contributed by atoms with Crippen LogP contribution in [0, 0.1) is 0 Å². The lowest BCUT2D eigenvalue weighted by molar-refractivity contribution is 0.484. The van der Waals surface area contributed by atoms with Crippen LogP contribution in [0.4, 0.5) is 0 Å². The van der Waals surface area contributed by atoms with Crippen LogP contribution in [0.1, 0.15) is 19.8 Å². The van der Waals surface area contributed by atoms with E-state index in [0.717, 1.165) is 25.0 Å². The Labute approximate surface area is 90.9 Å². The van der Waals surface area contributed by atoms with E-state index in [9.17, 15) is 0 Å². The smallest absolute Gasteiger partial charge is 0.225 e. The SMILES string of the molecule is CC1N=C(N2CCCC2)N=C(N(C)C)N1. The van der Waals surface area contributed by atoms with Crippen molar-refractivity contribution in [2.24, 2.45) is 9.98 Å². The fourth-order valence-corrected chi connectivity index (χ4v) is 1.85. The second kappa shape index (κ2) is 4.08. The van der Waals surface area contributed by atoms with Gasteiger partial charge in [0.2, 0.25) is 11.9 Å². The quantitative estimate of drug-likeness (QED) is 0.624. The summed E-state index contributed by atoms with van der Waals surface area (Å²) in [5.74, 6) is 1.79. The van der Waals surface area contributed by atoms with Gasteiger partial charge in [-0.1, -0.05) is 0 Å². The van der Waals surface area contributed by atoms with Crippen LogP contribution in [-0.2, 0) is 0 Å². The Bertz CT molecular complexity index is 288. The van der Waals surface area contributed by atoms with Crippen molar-refractivity contribution in [3.63, 3.8) is 0 Å². The van der Waals surface area contributed by atoms with Crippen LogP contribution >= 0.6 is 0 Å². The Morgan fingerprint density at radius 1 is 1.33 bits per heavy atom. The fourth-order valence-electron chi connectivity index (χ4n) is 1.85. The number of nitrogens with one attached hydrogen (secondary N) is 1. The van der Waals surface area contributed by atoms with Crippen molar-refractivity contribution < 1.29 is 0 Å². The van der Waals surface area contributed by atoms with Crippen molar-refractivity contribution in [2.45, 2.75) is 25.9 Å². The Balaban J connectivity index is 2.15. The zero-order chi connectivity index (χ0) is 10.8. The lowest BCUT2D eigenvalue weighted by Gasteiger charge is -2.27. The highest BCUT2D eigenvalue weighted by molar-refractivity contribution is 5.96. The maximum atomic E-state index is 4.52. The van der Waals surface area contributed by atoms with Gasteiger partial charge in [-0.3, -0.25) is 0 Å². The molecule has 1 unspecified atom stereocenters. The minimum atomic E-state index is 0.121. The molecule has 15 heavy (non-hydrogen) atoms. The molecule has 0 aromatic rings. The van der Waals surface area contributed by atoms with E-state index in [4.69, 9.17) is 0 Å². The van der Waals surface area contributed by atoms with Gasteiger partial charge in [0, 0.05) is 27.2 Å². The number of rotatable bonds is 0. The number of aliphatic imine (C=N–C) groups is 2. The number of likely N-dealkylation sites (tertiary alicyclic amines) is 1. The summed E-state index contributed by atoms with van der Waals surface area (Å²) in [6.07, 6.45) is 2.64. The predicted molar refractivity (Wildman–Crippen MR) is 62.0 cm³/mol. The molecular weight excluding hydrogens is 190 g/mol. The minimum Gasteiger partial charge on any atom is -0.349 e. The van der Waals surface area contributed by atoms with E-state index < -0.39 is 0 Å². The standard InChI is InChI=1S/C10H19N5/c1-8-11-9(14(2)3)13-10(12-8)15-6-4-5-7-15/h8H,4-7H2,1-3H3,(H,11,12,13). The summed E-state index contributed by atoms with van der Waals surface area (Å²) in [5.41, 5.74) is 0. The first-order valence-corrected chi connectivity index (χ1v) is 5.52. The van der Waals surface area contributed by atoms with Gasteiger partial charge in [-0.05, 0) is 19.8 Å². The van der Waals surface area contributed by atoms with E-state index >= 15 is 0 Å². The van der Waals surface area contributed by atoms with Gasteiger partial charge in [0.15, 0.2) is 0 Å². The molecule has 0 bridgehead atoms. The molecule has 0 aliphatic carbocycles. The highest BCUT2D eigenvalue weighted by Crippen LogP contribution is 2.11. The zero-order valence-electron chi connectivity index (χ0n) is 9.69. The summed E-state index contributed by atoms with van der Waals surface area (Å²) in [7, 11) is 3.98. The topological polar surface area (TPSA) is 43.2 Å². The Morgan fingerprint density at radius 3 is 2.60 bits per heavy atom. The molecule has 1 saturated heterocycles. The molecule has 1 fully saturated rings. The molecular formula is C10H19N5. The van der Waals surface area contributed by atoms with Crippen LogP contribution < -0.4 is 5.32 Å². The van der Waals surface area contributed by atoms with Crippen molar-refractivity contribution in [2.75, 3.05) is 27.2 Å². The summed E-state index contributed by atoms with van der Waals surface area (Å²) in [5, 5.41) is 3.23. The molecule has 0 aromatic heterocycles. The van der Waals surface area contributed by atoms with Gasteiger partial charge in [-0.15, -0.1) is 0 Å². The molecule has 5 nitrogen and oxygen atoms in total. The van der Waals surface area contributed by atoms with Crippen LogP contribution in [0.25, 0.3) is 0 Å². The maximum Gasteiger partial charge on any atom is 0.225 e. The van der Waals surface area contributed by atoms with Crippen LogP contribution in [-0.4, -0.2) is 55.1 Å². The van der Waals surface area contributed by atoms with E-state index in [-0.39, 0.29) is 6.17 Å². The molecule has 2 aliphatic heterocycles. The first-order chi connectivity index (χ1) is 7.16. The first kappa shape index (κ1) is 10.3. The lowest BCUT2D eigenvalue weighted by atomic mass is 10.4. The molecule has 1 atom stereocenters. The second-order valence-electron chi connectivity index (χ2n) is 4.27. The van der Waals surface area contributed by atoms with Gasteiger partial charge in [-0.25, -0.2) is 4.99 Å². The van der Waals surface area contributed by atoms with Crippen LogP contribution in [0.5, 0.6) is 0 Å². The van der Waals surface area contributed by atoms with Gasteiger partial charge in [-0.2, -0.15) is 4.99 Å². The third kappa shape index (κ3) is 2.22. The molecule has 2 aliphatic rings. The lowest BCUT2D eigenvalue weighted by Crippen LogP contribution is -2.46. The van der Waals surface area contributed by atoms with E-state index in [1.54, 1.807) is 0 Å². The van der Waals surface area contributed by atoms with Gasteiger partial charge in [0.05, 0.1) is 0 Å². The molecule has 5 heteroatoms. The molecule has 2 rings (SSSR count). The fraction of sp³-hybridized carbons (Fsp3) is 0.800. The van der Waals surface area contributed by atoms with Gasteiger partial charge >= 0.3 is 0 Å². The van der Waals surface area contributed by atoms with E-state index in [0.29, 0.717) is 0 Å². The normalized spacial score (nSPS) is 25.8. The molecule has 2 heterocycles. The Kier molecular flexibility index (Phi) is 2.79. The number of hydrogen-bond acceptors (Lipinski definition) is 5. The van der Waals surface area contributed by atoms with E-state index in [1.807, 2.05) is 25.9 Å². The third-order valence-electron chi connectivity index (χ3n) is 2.67. The summed E-state index contributed by atoms with van der Waals surface area (Å²) in [6, 6.07) is 0. The first-order valence-electron chi connectivity index (χ1n) is 5.52. The third-order valence-corrected chi connectivity index (χ3v) is 2.67. The van der Waals surface area contributed by atoms with Gasteiger partial charge < -0.3 is 15.1 Å². The highest BCUT2D eigenvalue weighted by Gasteiger charge is 2.21. The molecule has 84 valence electrons. The zero-order valence-corrected chi connectivity index (χ0v) is 9.69. The van der Waals surface area contributed by atoms with Crippen molar-refractivity contribution in [3.05, 3.63) is 0 Å². The molecule has 0 aromatic carbocycles. The minimum absolute atomic E-state index is 0.121. The number of hydrogen-bond donors (Lipinski definition) is 1. The van der Waals surface area contributed by atoms with Crippen LogP contribution in [0.3, 0.4) is 0 Å². The number of guanidine groups is 2. The second-order valence-corrected chi connectivity index (χ2v) is 4.27. The average molecular weight is 209 g/mol. The van der Waals surface area contributed by atoms with Gasteiger partial charge in [0.1, 0.15) is 6.17 Å². The van der Waals surface area contributed by atoms with Gasteiger partial charge in [0.25, 0.3) is 0 Å². The predicted octanol–water partition coefficient (Wildman–Crippen LogP) is 0.305. The Morgan fingerprint density at radius 2 is 2.00 bits per heavy atom. The molecule has 0 spiro atoms. The maximum absolute atomic E-state index is 4.52. The monoisotopic (exact) mass is 209 g/mol.